The van der Waals surface area contributed by atoms with Crippen LogP contribution in [0.2, 0.25) is 0 Å². The van der Waals surface area contributed by atoms with Crippen LogP contribution >= 0.6 is 0 Å². The topological polar surface area (TPSA) is 61.4 Å². The summed E-state index contributed by atoms with van der Waals surface area (Å²) in [6.07, 6.45) is 4.62. The normalized spacial score (nSPS) is 18.5. The Balaban J connectivity index is 1.59. The summed E-state index contributed by atoms with van der Waals surface area (Å²) < 4.78 is 0. The Morgan fingerprint density at radius 2 is 1.83 bits per heavy atom. The molecule has 2 amide bonds. The second-order valence-corrected chi connectivity index (χ2v) is 7.14. The lowest BCUT2D eigenvalue weighted by molar-refractivity contribution is -0.115. The van der Waals surface area contributed by atoms with Crippen molar-refractivity contribution in [3.63, 3.8) is 0 Å². The van der Waals surface area contributed by atoms with Gasteiger partial charge in [-0.3, -0.25) is 9.59 Å². The van der Waals surface area contributed by atoms with Crippen LogP contribution in [0.4, 0.5) is 5.69 Å². The molecule has 1 aliphatic carbocycles. The van der Waals surface area contributed by atoms with Crippen LogP contribution in [0.3, 0.4) is 0 Å². The Morgan fingerprint density at radius 3 is 2.54 bits per heavy atom. The van der Waals surface area contributed by atoms with Gasteiger partial charge in [-0.05, 0) is 56.2 Å². The van der Waals surface area contributed by atoms with E-state index in [1.807, 2.05) is 17.0 Å². The molecule has 5 nitrogen and oxygen atoms in total. The number of nitrogens with one attached hydrogen (secondary N) is 2. The van der Waals surface area contributed by atoms with Crippen LogP contribution in [0.5, 0.6) is 0 Å². The number of anilines is 1. The summed E-state index contributed by atoms with van der Waals surface area (Å²) in [7, 11) is 0. The zero-order chi connectivity index (χ0) is 16.9. The van der Waals surface area contributed by atoms with Crippen LogP contribution in [0.15, 0.2) is 24.3 Å². The van der Waals surface area contributed by atoms with Crippen molar-refractivity contribution < 1.29 is 9.59 Å². The minimum Gasteiger partial charge on any atom is -0.339 e. The van der Waals surface area contributed by atoms with Crippen molar-refractivity contribution in [1.82, 2.24) is 10.2 Å². The van der Waals surface area contributed by atoms with Gasteiger partial charge in [0.05, 0.1) is 17.8 Å². The minimum absolute atomic E-state index is 0.0174. The van der Waals surface area contributed by atoms with Crippen molar-refractivity contribution in [2.45, 2.75) is 32.6 Å². The van der Waals surface area contributed by atoms with E-state index in [4.69, 9.17) is 0 Å². The monoisotopic (exact) mass is 329 g/mol. The van der Waals surface area contributed by atoms with E-state index in [1.54, 1.807) is 12.1 Å². The van der Waals surface area contributed by atoms with Crippen LogP contribution < -0.4 is 10.6 Å². The third kappa shape index (κ3) is 4.57. The number of rotatable bonds is 6. The molecule has 2 fully saturated rings. The molecule has 1 saturated carbocycles. The van der Waals surface area contributed by atoms with E-state index >= 15 is 0 Å². The maximum absolute atomic E-state index is 12.8. The fourth-order valence-corrected chi connectivity index (χ4v) is 3.07. The van der Waals surface area contributed by atoms with Crippen molar-refractivity contribution >= 4 is 17.5 Å². The third-order valence-corrected chi connectivity index (χ3v) is 4.92. The highest BCUT2D eigenvalue weighted by molar-refractivity contribution is 6.04. The van der Waals surface area contributed by atoms with E-state index in [-0.39, 0.29) is 11.8 Å². The van der Waals surface area contributed by atoms with Crippen LogP contribution in [-0.4, -0.2) is 42.9 Å². The van der Waals surface area contributed by atoms with Gasteiger partial charge in [0.15, 0.2) is 0 Å². The first kappa shape index (κ1) is 17.0. The Bertz CT molecular complexity index is 590. The van der Waals surface area contributed by atoms with E-state index in [2.05, 4.69) is 17.6 Å². The fourth-order valence-electron chi connectivity index (χ4n) is 3.07. The number of carbonyl (C=O) groups excluding carboxylic acids is 2. The molecule has 2 N–H and O–H groups in total. The molecule has 0 radical (unpaired) electrons. The number of piperidine rings is 1. The van der Waals surface area contributed by atoms with Gasteiger partial charge in [-0.25, -0.2) is 0 Å². The van der Waals surface area contributed by atoms with Gasteiger partial charge < -0.3 is 15.5 Å². The number of nitrogens with zero attached hydrogens (tertiary/aromatic N) is 1. The highest BCUT2D eigenvalue weighted by atomic mass is 16.2. The molecular formula is C19H27N3O2. The van der Waals surface area contributed by atoms with Gasteiger partial charge in [-0.2, -0.15) is 0 Å². The first-order valence-corrected chi connectivity index (χ1v) is 9.02. The second kappa shape index (κ2) is 7.79. The average Bonchev–Trinajstić information content (AvgIpc) is 3.40. The Labute approximate surface area is 143 Å². The molecule has 24 heavy (non-hydrogen) atoms. The highest BCUT2D eigenvalue weighted by Crippen LogP contribution is 2.27. The lowest BCUT2D eigenvalue weighted by Crippen LogP contribution is -2.38. The Hall–Kier alpha value is -1.88. The van der Waals surface area contributed by atoms with E-state index in [9.17, 15) is 9.59 Å². The molecule has 1 aromatic rings. The molecule has 0 aromatic heterocycles. The molecule has 1 aromatic carbocycles. The predicted molar refractivity (Wildman–Crippen MR) is 95.0 cm³/mol. The molecule has 5 heteroatoms. The molecule has 130 valence electrons. The van der Waals surface area contributed by atoms with Crippen LogP contribution in [0.1, 0.15) is 43.0 Å². The largest absolute Gasteiger partial charge is 0.339 e. The van der Waals surface area contributed by atoms with Crippen LogP contribution in [0, 0.1) is 11.8 Å². The van der Waals surface area contributed by atoms with E-state index in [0.717, 1.165) is 38.4 Å². The Kier molecular flexibility index (Phi) is 5.51. The van der Waals surface area contributed by atoms with Gasteiger partial charge in [0, 0.05) is 13.1 Å². The zero-order valence-corrected chi connectivity index (χ0v) is 14.4. The summed E-state index contributed by atoms with van der Waals surface area (Å²) in [4.78, 5) is 26.8. The lowest BCUT2D eigenvalue weighted by atomic mass is 9.98. The molecule has 0 atom stereocenters. The van der Waals surface area contributed by atoms with Gasteiger partial charge in [0.2, 0.25) is 5.91 Å². The van der Waals surface area contributed by atoms with Crippen molar-refractivity contribution in [1.29, 1.82) is 0 Å². The van der Waals surface area contributed by atoms with Gasteiger partial charge in [-0.1, -0.05) is 19.1 Å². The molecular weight excluding hydrogens is 302 g/mol. The molecule has 2 aliphatic rings. The standard InChI is InChI=1S/C19H27N3O2/c1-14-8-10-22(11-9-14)19(24)16-4-2-3-5-17(16)21-18(23)13-20-12-15-6-7-15/h2-5,14-15,20H,6-13H2,1H3,(H,21,23). The van der Waals surface area contributed by atoms with E-state index in [1.165, 1.54) is 12.8 Å². The fraction of sp³-hybridized carbons (Fsp3) is 0.579. The van der Waals surface area contributed by atoms with Crippen molar-refractivity contribution in [3.05, 3.63) is 29.8 Å². The average molecular weight is 329 g/mol. The maximum atomic E-state index is 12.8. The summed E-state index contributed by atoms with van der Waals surface area (Å²) in [5.41, 5.74) is 1.20. The van der Waals surface area contributed by atoms with E-state index in [0.29, 0.717) is 23.7 Å². The number of hydrogen-bond acceptors (Lipinski definition) is 3. The quantitative estimate of drug-likeness (QED) is 0.843. The predicted octanol–water partition coefficient (Wildman–Crippen LogP) is 2.50. The lowest BCUT2D eigenvalue weighted by Gasteiger charge is -2.30. The van der Waals surface area contributed by atoms with Crippen molar-refractivity contribution in [3.8, 4) is 0 Å². The van der Waals surface area contributed by atoms with Gasteiger partial charge in [-0.15, -0.1) is 0 Å². The smallest absolute Gasteiger partial charge is 0.255 e. The van der Waals surface area contributed by atoms with Crippen LogP contribution in [-0.2, 0) is 4.79 Å². The van der Waals surface area contributed by atoms with Crippen LogP contribution in [0.25, 0.3) is 0 Å². The van der Waals surface area contributed by atoms with Gasteiger partial charge in [0.25, 0.3) is 5.91 Å². The molecule has 0 unspecified atom stereocenters. The van der Waals surface area contributed by atoms with Crippen molar-refractivity contribution in [2.24, 2.45) is 11.8 Å². The first-order chi connectivity index (χ1) is 11.6. The summed E-state index contributed by atoms with van der Waals surface area (Å²) in [6, 6.07) is 7.30. The number of para-hydroxylation sites is 1. The molecule has 1 saturated heterocycles. The number of carbonyl (C=O) groups is 2. The summed E-state index contributed by atoms with van der Waals surface area (Å²) in [5, 5.41) is 6.06. The molecule has 1 aliphatic heterocycles. The summed E-state index contributed by atoms with van der Waals surface area (Å²) >= 11 is 0. The second-order valence-electron chi connectivity index (χ2n) is 7.14. The number of amides is 2. The highest BCUT2D eigenvalue weighted by Gasteiger charge is 2.24. The summed E-state index contributed by atoms with van der Waals surface area (Å²) in [6.45, 7) is 5.02. The van der Waals surface area contributed by atoms with E-state index < -0.39 is 0 Å². The zero-order valence-electron chi connectivity index (χ0n) is 14.4. The minimum atomic E-state index is -0.0943. The number of likely N-dealkylation sites (tertiary alicyclic amines) is 1. The molecule has 3 rings (SSSR count). The van der Waals surface area contributed by atoms with Crippen molar-refractivity contribution in [2.75, 3.05) is 31.5 Å². The molecule has 1 heterocycles. The molecule has 0 bridgehead atoms. The third-order valence-electron chi connectivity index (χ3n) is 4.92. The Morgan fingerprint density at radius 1 is 1.12 bits per heavy atom. The summed E-state index contributed by atoms with van der Waals surface area (Å²) in [5.74, 6) is 1.35. The number of hydrogen-bond donors (Lipinski definition) is 2. The number of benzene rings is 1. The first-order valence-electron chi connectivity index (χ1n) is 9.02. The van der Waals surface area contributed by atoms with Gasteiger partial charge >= 0.3 is 0 Å². The molecule has 0 spiro atoms. The maximum Gasteiger partial charge on any atom is 0.255 e. The van der Waals surface area contributed by atoms with Gasteiger partial charge in [0.1, 0.15) is 0 Å². The SMILES string of the molecule is CC1CCN(C(=O)c2ccccc2NC(=O)CNCC2CC2)CC1.